The number of benzene rings is 1. The van der Waals surface area contributed by atoms with Crippen molar-refractivity contribution in [2.24, 2.45) is 0 Å². The summed E-state index contributed by atoms with van der Waals surface area (Å²) in [5.41, 5.74) is -4.96. The van der Waals surface area contributed by atoms with Crippen LogP contribution >= 0.6 is 0 Å². The molecule has 25 heavy (non-hydrogen) atoms. The molecule has 2 rings (SSSR count). The lowest BCUT2D eigenvalue weighted by Gasteiger charge is -2.17. The molecule has 0 unspecified atom stereocenters. The van der Waals surface area contributed by atoms with E-state index >= 15 is 0 Å². The fourth-order valence-electron chi connectivity index (χ4n) is 2.48. The highest BCUT2D eigenvalue weighted by molar-refractivity contribution is 7.87. The van der Waals surface area contributed by atoms with Crippen LogP contribution in [0.4, 0.5) is 13.2 Å². The molecular weight excluding hydrogens is 365 g/mol. The standard InChI is InChI=1S/C15H15F3O6S/c1-22-13-10-5-3-4-6-12(24-25(20,21)15(16,17)18)9(10)7-8-11(13)14(19)23-2/h6-8H,3-5H2,1-2H3. The van der Waals surface area contributed by atoms with Gasteiger partial charge in [-0.2, -0.15) is 21.6 Å². The molecule has 10 heteroatoms. The number of rotatable bonds is 4. The highest BCUT2D eigenvalue weighted by Gasteiger charge is 2.49. The second-order valence-electron chi connectivity index (χ2n) is 5.11. The van der Waals surface area contributed by atoms with E-state index in [1.54, 1.807) is 0 Å². The van der Waals surface area contributed by atoms with Crippen LogP contribution in [-0.2, 0) is 25.5 Å². The van der Waals surface area contributed by atoms with Crippen LogP contribution in [0, 0.1) is 0 Å². The van der Waals surface area contributed by atoms with Crippen LogP contribution in [0.15, 0.2) is 18.2 Å². The molecule has 0 saturated heterocycles. The highest BCUT2D eigenvalue weighted by atomic mass is 32.2. The van der Waals surface area contributed by atoms with Crippen LogP contribution in [0.5, 0.6) is 5.75 Å². The number of allylic oxidation sites excluding steroid dienone is 1. The average Bonchev–Trinajstić information content (AvgIpc) is 2.74. The van der Waals surface area contributed by atoms with Crippen molar-refractivity contribution in [2.45, 2.75) is 24.8 Å². The zero-order valence-corrected chi connectivity index (χ0v) is 14.2. The van der Waals surface area contributed by atoms with Gasteiger partial charge in [-0.05, 0) is 37.5 Å². The first-order valence-corrected chi connectivity index (χ1v) is 8.52. The number of hydrogen-bond donors (Lipinski definition) is 0. The van der Waals surface area contributed by atoms with Crippen molar-refractivity contribution < 1.29 is 40.0 Å². The Morgan fingerprint density at radius 1 is 1.20 bits per heavy atom. The predicted molar refractivity (Wildman–Crippen MR) is 81.3 cm³/mol. The van der Waals surface area contributed by atoms with Crippen molar-refractivity contribution in [1.82, 2.24) is 0 Å². The van der Waals surface area contributed by atoms with E-state index in [0.29, 0.717) is 24.8 Å². The minimum atomic E-state index is -5.81. The van der Waals surface area contributed by atoms with Gasteiger partial charge in [0.05, 0.1) is 14.2 Å². The Hall–Kier alpha value is -2.23. The number of fused-ring (bicyclic) bond motifs is 1. The number of hydrogen-bond acceptors (Lipinski definition) is 6. The molecule has 1 aromatic rings. The Balaban J connectivity index is 2.57. The number of esters is 1. The summed E-state index contributed by atoms with van der Waals surface area (Å²) in [4.78, 5) is 11.8. The third-order valence-corrected chi connectivity index (χ3v) is 4.54. The maximum atomic E-state index is 12.6. The summed E-state index contributed by atoms with van der Waals surface area (Å²) in [6.07, 6.45) is 2.44. The van der Waals surface area contributed by atoms with E-state index < -0.39 is 27.4 Å². The van der Waals surface area contributed by atoms with Gasteiger partial charge in [-0.15, -0.1) is 0 Å². The zero-order valence-electron chi connectivity index (χ0n) is 13.3. The van der Waals surface area contributed by atoms with E-state index in [0.717, 1.165) is 0 Å². The predicted octanol–water partition coefficient (Wildman–Crippen LogP) is 3.03. The molecule has 0 aromatic heterocycles. The Bertz CT molecular complexity index is 811. The molecule has 1 aromatic carbocycles. The highest BCUT2D eigenvalue weighted by Crippen LogP contribution is 2.38. The first-order chi connectivity index (χ1) is 11.6. The summed E-state index contributed by atoms with van der Waals surface area (Å²) >= 11 is 0. The summed E-state index contributed by atoms with van der Waals surface area (Å²) in [6, 6.07) is 2.60. The van der Waals surface area contributed by atoms with Gasteiger partial charge in [0.15, 0.2) is 0 Å². The molecule has 0 aliphatic heterocycles. The van der Waals surface area contributed by atoms with Crippen LogP contribution in [-0.4, -0.2) is 34.1 Å². The van der Waals surface area contributed by atoms with Gasteiger partial charge < -0.3 is 13.7 Å². The maximum Gasteiger partial charge on any atom is 0.534 e. The number of methoxy groups -OCH3 is 2. The monoisotopic (exact) mass is 380 g/mol. The number of ether oxygens (including phenoxy) is 2. The van der Waals surface area contributed by atoms with E-state index in [1.807, 2.05) is 0 Å². The lowest BCUT2D eigenvalue weighted by Crippen LogP contribution is -2.25. The number of carbonyl (C=O) groups is 1. The Labute approximate surface area is 142 Å². The van der Waals surface area contributed by atoms with Gasteiger partial charge in [-0.25, -0.2) is 4.79 Å². The van der Waals surface area contributed by atoms with Gasteiger partial charge in [-0.1, -0.05) is 0 Å². The fourth-order valence-corrected chi connectivity index (χ4v) is 2.97. The second-order valence-corrected chi connectivity index (χ2v) is 6.65. The zero-order chi connectivity index (χ0) is 18.8. The van der Waals surface area contributed by atoms with Crippen molar-refractivity contribution in [3.63, 3.8) is 0 Å². The molecule has 138 valence electrons. The lowest BCUT2D eigenvalue weighted by molar-refractivity contribution is -0.0509. The van der Waals surface area contributed by atoms with E-state index in [1.165, 1.54) is 32.4 Å². The molecule has 1 aliphatic carbocycles. The molecule has 0 bridgehead atoms. The van der Waals surface area contributed by atoms with E-state index in [-0.39, 0.29) is 16.9 Å². The Morgan fingerprint density at radius 2 is 1.88 bits per heavy atom. The van der Waals surface area contributed by atoms with Gasteiger partial charge in [-0.3, -0.25) is 0 Å². The topological polar surface area (TPSA) is 78.9 Å². The fraction of sp³-hybridized carbons (Fsp3) is 0.400. The van der Waals surface area contributed by atoms with Crippen molar-refractivity contribution >= 4 is 21.8 Å². The van der Waals surface area contributed by atoms with Crippen LogP contribution in [0.2, 0.25) is 0 Å². The van der Waals surface area contributed by atoms with Crippen LogP contribution in [0.1, 0.15) is 34.3 Å². The minimum absolute atomic E-state index is 0.0867. The molecule has 6 nitrogen and oxygen atoms in total. The number of halogens is 3. The normalized spacial score (nSPS) is 14.8. The van der Waals surface area contributed by atoms with E-state index in [2.05, 4.69) is 8.92 Å². The quantitative estimate of drug-likeness (QED) is 0.454. The van der Waals surface area contributed by atoms with Gasteiger partial charge in [0.1, 0.15) is 17.1 Å². The number of alkyl halides is 3. The third kappa shape index (κ3) is 3.73. The summed E-state index contributed by atoms with van der Waals surface area (Å²) in [5, 5.41) is 0. The van der Waals surface area contributed by atoms with Gasteiger partial charge in [0, 0.05) is 11.1 Å². The molecule has 0 spiro atoms. The second kappa shape index (κ2) is 6.95. The molecule has 0 heterocycles. The SMILES string of the molecule is COC(=O)c1ccc2c(c1OC)CCCC=C2OS(=O)(=O)C(F)(F)F. The molecule has 0 N–H and O–H groups in total. The molecule has 0 atom stereocenters. The molecule has 1 aliphatic rings. The van der Waals surface area contributed by atoms with Gasteiger partial charge in [0.2, 0.25) is 0 Å². The molecular formula is C15H15F3O6S. The van der Waals surface area contributed by atoms with Gasteiger partial charge in [0.25, 0.3) is 0 Å². The maximum absolute atomic E-state index is 12.6. The third-order valence-electron chi connectivity index (χ3n) is 3.58. The van der Waals surface area contributed by atoms with Crippen molar-refractivity contribution in [3.05, 3.63) is 34.9 Å². The largest absolute Gasteiger partial charge is 0.534 e. The summed E-state index contributed by atoms with van der Waals surface area (Å²) < 4.78 is 74.6. The van der Waals surface area contributed by atoms with E-state index in [4.69, 9.17) is 4.74 Å². The molecule has 0 saturated carbocycles. The van der Waals surface area contributed by atoms with Crippen molar-refractivity contribution in [3.8, 4) is 5.75 Å². The van der Waals surface area contributed by atoms with Crippen LogP contribution < -0.4 is 4.74 Å². The van der Waals surface area contributed by atoms with Crippen LogP contribution in [0.3, 0.4) is 0 Å². The van der Waals surface area contributed by atoms with Crippen molar-refractivity contribution in [1.29, 1.82) is 0 Å². The molecule has 0 radical (unpaired) electrons. The van der Waals surface area contributed by atoms with E-state index in [9.17, 15) is 26.4 Å². The Kier molecular flexibility index (Phi) is 5.31. The first kappa shape index (κ1) is 19.1. The average molecular weight is 380 g/mol. The summed E-state index contributed by atoms with van der Waals surface area (Å²) in [6.45, 7) is 0. The summed E-state index contributed by atoms with van der Waals surface area (Å²) in [7, 11) is -3.33. The minimum Gasteiger partial charge on any atom is -0.496 e. The molecule has 0 amide bonds. The first-order valence-electron chi connectivity index (χ1n) is 7.12. The smallest absolute Gasteiger partial charge is 0.496 e. The summed E-state index contributed by atoms with van der Waals surface area (Å²) in [5.74, 6) is -1.01. The number of carbonyl (C=O) groups excluding carboxylic acids is 1. The Morgan fingerprint density at radius 3 is 2.44 bits per heavy atom. The van der Waals surface area contributed by atoms with Gasteiger partial charge >= 0.3 is 21.6 Å². The van der Waals surface area contributed by atoms with Crippen molar-refractivity contribution in [2.75, 3.05) is 14.2 Å². The van der Waals surface area contributed by atoms with Crippen LogP contribution in [0.25, 0.3) is 5.76 Å². The molecule has 0 fully saturated rings. The lowest BCUT2D eigenvalue weighted by atomic mass is 9.98.